The van der Waals surface area contributed by atoms with Crippen LogP contribution in [-0.2, 0) is 6.42 Å². The van der Waals surface area contributed by atoms with Gasteiger partial charge in [-0.3, -0.25) is 10.1 Å². The van der Waals surface area contributed by atoms with Gasteiger partial charge >= 0.3 is 0 Å². The fourth-order valence-corrected chi connectivity index (χ4v) is 2.43. The summed E-state index contributed by atoms with van der Waals surface area (Å²) in [4.78, 5) is 10.2. The molecule has 0 saturated carbocycles. The van der Waals surface area contributed by atoms with E-state index >= 15 is 0 Å². The van der Waals surface area contributed by atoms with Crippen LogP contribution in [0.3, 0.4) is 0 Å². The Labute approximate surface area is 129 Å². The molecule has 106 valence electrons. The van der Waals surface area contributed by atoms with Gasteiger partial charge in [-0.05, 0) is 12.8 Å². The van der Waals surface area contributed by atoms with E-state index in [0.29, 0.717) is 18.0 Å². The molecular weight excluding hydrogens is 327 g/mol. The molecule has 0 unspecified atom stereocenters. The van der Waals surface area contributed by atoms with Crippen LogP contribution in [0.4, 0.5) is 5.69 Å². The molecule has 2 rings (SSSR count). The van der Waals surface area contributed by atoms with Gasteiger partial charge in [-0.1, -0.05) is 28.4 Å². The maximum Gasteiger partial charge on any atom is 0.272 e. The molecule has 0 radical (unpaired) electrons. The van der Waals surface area contributed by atoms with Crippen LogP contribution >= 0.6 is 34.8 Å². The van der Waals surface area contributed by atoms with Gasteiger partial charge in [0.2, 0.25) is 0 Å². The van der Waals surface area contributed by atoms with Crippen molar-refractivity contribution in [1.82, 2.24) is 15.0 Å². The number of alkyl halides is 1. The van der Waals surface area contributed by atoms with Crippen molar-refractivity contribution >= 4 is 40.5 Å². The van der Waals surface area contributed by atoms with Crippen molar-refractivity contribution in [3.8, 4) is 5.69 Å². The summed E-state index contributed by atoms with van der Waals surface area (Å²) in [5.41, 5.74) is 0.936. The Morgan fingerprint density at radius 1 is 1.30 bits per heavy atom. The zero-order chi connectivity index (χ0) is 14.7. The Hall–Kier alpha value is -1.37. The molecule has 0 fully saturated rings. The lowest BCUT2D eigenvalue weighted by Crippen LogP contribution is -1.99. The minimum atomic E-state index is -0.561. The first-order chi connectivity index (χ1) is 9.52. The van der Waals surface area contributed by atoms with E-state index in [9.17, 15) is 10.1 Å². The van der Waals surface area contributed by atoms with Crippen molar-refractivity contribution in [3.63, 3.8) is 0 Å². The Balaban J connectivity index is 2.37. The molecule has 1 aromatic carbocycles. The van der Waals surface area contributed by atoms with Crippen molar-refractivity contribution in [1.29, 1.82) is 0 Å². The lowest BCUT2D eigenvalue weighted by molar-refractivity contribution is -0.384. The van der Waals surface area contributed by atoms with E-state index in [1.807, 2.05) is 0 Å². The van der Waals surface area contributed by atoms with Crippen LogP contribution in [-0.4, -0.2) is 25.8 Å². The number of hydrogen-bond donors (Lipinski definition) is 0. The lowest BCUT2D eigenvalue weighted by atomic mass is 10.2. The van der Waals surface area contributed by atoms with Crippen LogP contribution in [0.2, 0.25) is 10.0 Å². The second-order valence-corrected chi connectivity index (χ2v) is 5.15. The molecular formula is C11H9Cl3N4O2. The van der Waals surface area contributed by atoms with E-state index < -0.39 is 4.92 Å². The number of benzene rings is 1. The summed E-state index contributed by atoms with van der Waals surface area (Å²) in [5, 5.41) is 18.9. The first-order valence-electron chi connectivity index (χ1n) is 5.64. The molecule has 0 atom stereocenters. The first-order valence-corrected chi connectivity index (χ1v) is 6.93. The molecule has 0 bridgehead atoms. The Kier molecular flexibility index (Phi) is 4.80. The highest BCUT2D eigenvalue weighted by Crippen LogP contribution is 2.32. The van der Waals surface area contributed by atoms with Crippen LogP contribution in [0.1, 0.15) is 12.1 Å². The average molecular weight is 336 g/mol. The van der Waals surface area contributed by atoms with Crippen LogP contribution in [0.5, 0.6) is 0 Å². The van der Waals surface area contributed by atoms with E-state index in [1.54, 1.807) is 6.20 Å². The molecule has 9 heteroatoms. The predicted molar refractivity (Wildman–Crippen MR) is 77.1 cm³/mol. The van der Waals surface area contributed by atoms with Crippen LogP contribution in [0.25, 0.3) is 5.69 Å². The summed E-state index contributed by atoms with van der Waals surface area (Å²) in [6.07, 6.45) is 3.14. The third-order valence-corrected chi connectivity index (χ3v) is 3.39. The Bertz CT molecular complexity index is 621. The van der Waals surface area contributed by atoms with Gasteiger partial charge in [0.05, 0.1) is 26.9 Å². The van der Waals surface area contributed by atoms with Crippen molar-refractivity contribution in [3.05, 3.63) is 44.2 Å². The number of non-ortho nitro benzene ring substituents is 1. The van der Waals surface area contributed by atoms with E-state index in [0.717, 1.165) is 12.1 Å². The largest absolute Gasteiger partial charge is 0.272 e. The van der Waals surface area contributed by atoms with E-state index in [1.165, 1.54) is 16.8 Å². The van der Waals surface area contributed by atoms with Crippen LogP contribution in [0, 0.1) is 10.1 Å². The second-order valence-electron chi connectivity index (χ2n) is 3.96. The molecule has 0 N–H and O–H groups in total. The molecule has 0 saturated heterocycles. The summed E-state index contributed by atoms with van der Waals surface area (Å²) in [5.74, 6) is 0.534. The normalized spacial score (nSPS) is 10.8. The van der Waals surface area contributed by atoms with E-state index in [4.69, 9.17) is 34.8 Å². The van der Waals surface area contributed by atoms with Crippen molar-refractivity contribution in [2.45, 2.75) is 12.8 Å². The number of hydrogen-bond acceptors (Lipinski definition) is 4. The zero-order valence-electron chi connectivity index (χ0n) is 10.1. The molecule has 1 aromatic heterocycles. The van der Waals surface area contributed by atoms with Crippen molar-refractivity contribution < 1.29 is 4.92 Å². The standard InChI is InChI=1S/C11H9Cl3N4O2/c12-3-1-2-7-6-17(16-15-7)11-9(13)4-8(18(19)20)5-10(11)14/h4-6H,1-3H2. The molecule has 0 aliphatic carbocycles. The SMILES string of the molecule is O=[N+]([O-])c1cc(Cl)c(-n2cc(CCCCl)nn2)c(Cl)c1. The third kappa shape index (κ3) is 3.20. The smallest absolute Gasteiger partial charge is 0.258 e. The molecule has 0 amide bonds. The van der Waals surface area contributed by atoms with Gasteiger partial charge in [0, 0.05) is 18.0 Å². The average Bonchev–Trinajstić information content (AvgIpc) is 2.83. The summed E-state index contributed by atoms with van der Waals surface area (Å²) < 4.78 is 1.40. The van der Waals surface area contributed by atoms with Crippen molar-refractivity contribution in [2.24, 2.45) is 0 Å². The van der Waals surface area contributed by atoms with Gasteiger partial charge in [0.25, 0.3) is 5.69 Å². The highest BCUT2D eigenvalue weighted by molar-refractivity contribution is 6.38. The monoisotopic (exact) mass is 334 g/mol. The minimum absolute atomic E-state index is 0.137. The van der Waals surface area contributed by atoms with Gasteiger partial charge in [-0.2, -0.15) is 0 Å². The van der Waals surface area contributed by atoms with Crippen LogP contribution in [0.15, 0.2) is 18.3 Å². The fraction of sp³-hybridized carbons (Fsp3) is 0.273. The van der Waals surface area contributed by atoms with Gasteiger partial charge in [0.15, 0.2) is 0 Å². The third-order valence-electron chi connectivity index (χ3n) is 2.55. The highest BCUT2D eigenvalue weighted by atomic mass is 35.5. The van der Waals surface area contributed by atoms with Gasteiger partial charge in [-0.25, -0.2) is 4.68 Å². The highest BCUT2D eigenvalue weighted by Gasteiger charge is 2.17. The zero-order valence-corrected chi connectivity index (χ0v) is 12.4. The molecule has 6 nitrogen and oxygen atoms in total. The van der Waals surface area contributed by atoms with E-state index in [2.05, 4.69) is 10.3 Å². The number of nitrogens with zero attached hydrogens (tertiary/aromatic N) is 4. The first kappa shape index (κ1) is 15.0. The maximum absolute atomic E-state index is 10.7. The number of aromatic nitrogens is 3. The molecule has 0 spiro atoms. The van der Waals surface area contributed by atoms with Gasteiger partial charge < -0.3 is 0 Å². The number of aryl methyl sites for hydroxylation is 1. The maximum atomic E-state index is 10.7. The number of nitro benzene ring substituents is 1. The molecule has 1 heterocycles. The Morgan fingerprint density at radius 2 is 1.95 bits per heavy atom. The molecule has 2 aromatic rings. The minimum Gasteiger partial charge on any atom is -0.258 e. The Morgan fingerprint density at radius 3 is 2.50 bits per heavy atom. The summed E-state index contributed by atoms with van der Waals surface area (Å²) in [6, 6.07) is 2.45. The van der Waals surface area contributed by atoms with Crippen LogP contribution < -0.4 is 0 Å². The summed E-state index contributed by atoms with van der Waals surface area (Å²) >= 11 is 17.7. The lowest BCUT2D eigenvalue weighted by Gasteiger charge is -2.05. The summed E-state index contributed by atoms with van der Waals surface area (Å²) in [7, 11) is 0. The molecule has 0 aliphatic rings. The van der Waals surface area contributed by atoms with Gasteiger partial charge in [0.1, 0.15) is 5.69 Å². The molecule has 20 heavy (non-hydrogen) atoms. The topological polar surface area (TPSA) is 73.8 Å². The predicted octanol–water partition coefficient (Wildman–Crippen LogP) is 3.65. The van der Waals surface area contributed by atoms with Gasteiger partial charge in [-0.15, -0.1) is 16.7 Å². The molecule has 0 aliphatic heterocycles. The number of nitro groups is 1. The summed E-state index contributed by atoms with van der Waals surface area (Å²) in [6.45, 7) is 0. The van der Waals surface area contributed by atoms with Crippen molar-refractivity contribution in [2.75, 3.05) is 5.88 Å². The number of halogens is 3. The fourth-order valence-electron chi connectivity index (χ4n) is 1.65. The second kappa shape index (κ2) is 6.39. The number of rotatable bonds is 5. The quantitative estimate of drug-likeness (QED) is 0.475. The van der Waals surface area contributed by atoms with E-state index in [-0.39, 0.29) is 15.7 Å².